The van der Waals surface area contributed by atoms with Crippen LogP contribution in [0.2, 0.25) is 5.02 Å². The second kappa shape index (κ2) is 5.99. The van der Waals surface area contributed by atoms with Gasteiger partial charge < -0.3 is 5.32 Å². The quantitative estimate of drug-likeness (QED) is 0.701. The molecule has 23 heavy (non-hydrogen) atoms. The number of aryl methyl sites for hydroxylation is 1. The molecule has 0 atom stereocenters. The van der Waals surface area contributed by atoms with Gasteiger partial charge in [0.1, 0.15) is 11.9 Å². The smallest absolute Gasteiger partial charge is 0.266 e. The van der Waals surface area contributed by atoms with Crippen LogP contribution in [0.1, 0.15) is 20.8 Å². The van der Waals surface area contributed by atoms with Gasteiger partial charge in [0.2, 0.25) is 0 Å². The van der Waals surface area contributed by atoms with E-state index in [-0.39, 0.29) is 16.7 Å². The van der Waals surface area contributed by atoms with E-state index >= 15 is 0 Å². The highest BCUT2D eigenvalue weighted by Crippen LogP contribution is 2.33. The van der Waals surface area contributed by atoms with Crippen molar-refractivity contribution in [3.63, 3.8) is 0 Å². The van der Waals surface area contributed by atoms with Crippen LogP contribution in [-0.4, -0.2) is 5.91 Å². The average Bonchev–Trinajstić information content (AvgIpc) is 2.86. The van der Waals surface area contributed by atoms with Gasteiger partial charge in [0.15, 0.2) is 0 Å². The number of benzene rings is 2. The van der Waals surface area contributed by atoms with Gasteiger partial charge in [-0.15, -0.1) is 11.3 Å². The molecule has 3 nitrogen and oxygen atoms in total. The van der Waals surface area contributed by atoms with Crippen molar-refractivity contribution in [1.82, 2.24) is 0 Å². The van der Waals surface area contributed by atoms with Crippen LogP contribution >= 0.6 is 22.9 Å². The van der Waals surface area contributed by atoms with Crippen molar-refractivity contribution in [2.24, 2.45) is 0 Å². The summed E-state index contributed by atoms with van der Waals surface area (Å²) in [6.45, 7) is 1.72. The molecule has 3 rings (SSSR count). The molecule has 3 aromatic rings. The number of fused-ring (bicyclic) bond motifs is 1. The van der Waals surface area contributed by atoms with Crippen molar-refractivity contribution in [2.75, 3.05) is 5.32 Å². The molecule has 0 spiro atoms. The first-order chi connectivity index (χ1) is 11.0. The molecular formula is C17H10ClFN2OS. The van der Waals surface area contributed by atoms with Crippen LogP contribution in [0.5, 0.6) is 0 Å². The van der Waals surface area contributed by atoms with E-state index in [2.05, 4.69) is 5.32 Å². The number of hydrogen-bond acceptors (Lipinski definition) is 3. The summed E-state index contributed by atoms with van der Waals surface area (Å²) in [6.07, 6.45) is 0. The first kappa shape index (κ1) is 15.5. The number of carbonyl (C=O) groups is 1. The normalized spacial score (nSPS) is 10.5. The highest BCUT2D eigenvalue weighted by Gasteiger charge is 2.18. The van der Waals surface area contributed by atoms with E-state index in [0.29, 0.717) is 27.1 Å². The summed E-state index contributed by atoms with van der Waals surface area (Å²) >= 11 is 7.19. The monoisotopic (exact) mass is 344 g/mol. The van der Waals surface area contributed by atoms with E-state index in [0.717, 1.165) is 4.70 Å². The Balaban J connectivity index is 1.95. The summed E-state index contributed by atoms with van der Waals surface area (Å²) in [7, 11) is 0. The molecule has 114 valence electrons. The van der Waals surface area contributed by atoms with Crippen LogP contribution in [-0.2, 0) is 0 Å². The summed E-state index contributed by atoms with van der Waals surface area (Å²) < 4.78 is 14.6. The van der Waals surface area contributed by atoms with E-state index in [1.54, 1.807) is 25.1 Å². The van der Waals surface area contributed by atoms with Crippen molar-refractivity contribution in [1.29, 1.82) is 5.26 Å². The Morgan fingerprint density at radius 1 is 1.35 bits per heavy atom. The number of anilines is 1. The van der Waals surface area contributed by atoms with Crippen LogP contribution in [0.4, 0.5) is 10.1 Å². The lowest BCUT2D eigenvalue weighted by Crippen LogP contribution is -2.11. The maximum atomic E-state index is 13.9. The number of nitrogens with zero attached hydrogens (tertiary/aromatic N) is 1. The van der Waals surface area contributed by atoms with Gasteiger partial charge in [-0.2, -0.15) is 5.26 Å². The van der Waals surface area contributed by atoms with Crippen molar-refractivity contribution < 1.29 is 9.18 Å². The lowest BCUT2D eigenvalue weighted by Gasteiger charge is -2.05. The number of carbonyl (C=O) groups excluding carboxylic acids is 1. The van der Waals surface area contributed by atoms with Crippen LogP contribution < -0.4 is 5.32 Å². The Morgan fingerprint density at radius 2 is 2.13 bits per heavy atom. The Hall–Kier alpha value is -2.42. The minimum atomic E-state index is -0.336. The lowest BCUT2D eigenvalue weighted by molar-refractivity contribution is 0.103. The van der Waals surface area contributed by atoms with Gasteiger partial charge in [0.25, 0.3) is 5.91 Å². The molecule has 0 saturated carbocycles. The van der Waals surface area contributed by atoms with Crippen LogP contribution in [0, 0.1) is 24.1 Å². The number of nitriles is 1. The number of thiophene rings is 1. The first-order valence-corrected chi connectivity index (χ1v) is 7.89. The van der Waals surface area contributed by atoms with Crippen molar-refractivity contribution >= 4 is 44.6 Å². The van der Waals surface area contributed by atoms with Crippen LogP contribution in [0.25, 0.3) is 10.1 Å². The minimum Gasteiger partial charge on any atom is -0.321 e. The second-order valence-electron chi connectivity index (χ2n) is 4.93. The number of hydrogen-bond donors (Lipinski definition) is 1. The fourth-order valence-electron chi connectivity index (χ4n) is 2.34. The zero-order valence-corrected chi connectivity index (χ0v) is 13.6. The molecule has 0 radical (unpaired) electrons. The van der Waals surface area contributed by atoms with Crippen molar-refractivity contribution in [3.8, 4) is 6.07 Å². The van der Waals surface area contributed by atoms with Gasteiger partial charge in [0.05, 0.1) is 15.5 Å². The molecule has 0 unspecified atom stereocenters. The standard InChI is InChI=1S/C17H10ClFN2OS/c1-9-15-13(19)3-2-4-14(15)23-16(9)17(22)21-11-6-5-10(8-20)12(18)7-11/h2-7H,1H3,(H,21,22). The molecule has 1 amide bonds. The molecule has 0 bridgehead atoms. The fraction of sp³-hybridized carbons (Fsp3) is 0.0588. The van der Waals surface area contributed by atoms with Gasteiger partial charge in [-0.1, -0.05) is 17.7 Å². The molecule has 1 heterocycles. The van der Waals surface area contributed by atoms with E-state index in [9.17, 15) is 9.18 Å². The fourth-order valence-corrected chi connectivity index (χ4v) is 3.68. The van der Waals surface area contributed by atoms with Crippen molar-refractivity contribution in [2.45, 2.75) is 6.92 Å². The summed E-state index contributed by atoms with van der Waals surface area (Å²) in [5.74, 6) is -0.666. The molecule has 0 aliphatic heterocycles. The highest BCUT2D eigenvalue weighted by atomic mass is 35.5. The topological polar surface area (TPSA) is 52.9 Å². The van der Waals surface area contributed by atoms with Crippen LogP contribution in [0.3, 0.4) is 0 Å². The maximum Gasteiger partial charge on any atom is 0.266 e. The number of rotatable bonds is 2. The SMILES string of the molecule is Cc1c(C(=O)Nc2ccc(C#N)c(Cl)c2)sc2cccc(F)c12. The Kier molecular flexibility index (Phi) is 4.03. The minimum absolute atomic E-state index is 0.268. The largest absolute Gasteiger partial charge is 0.321 e. The summed E-state index contributed by atoms with van der Waals surface area (Å²) in [5, 5.41) is 12.3. The van der Waals surface area contributed by atoms with Gasteiger partial charge in [-0.25, -0.2) is 4.39 Å². The highest BCUT2D eigenvalue weighted by molar-refractivity contribution is 7.21. The zero-order chi connectivity index (χ0) is 16.6. The van der Waals surface area contributed by atoms with Gasteiger partial charge in [-0.3, -0.25) is 4.79 Å². The molecular weight excluding hydrogens is 335 g/mol. The third-order valence-corrected chi connectivity index (χ3v) is 5.03. The summed E-state index contributed by atoms with van der Waals surface area (Å²) in [5.41, 5.74) is 1.43. The van der Waals surface area contributed by atoms with Gasteiger partial charge >= 0.3 is 0 Å². The summed E-state index contributed by atoms with van der Waals surface area (Å²) in [4.78, 5) is 12.9. The number of halogens is 2. The zero-order valence-electron chi connectivity index (χ0n) is 12.0. The Bertz CT molecular complexity index is 975. The predicted molar refractivity (Wildman–Crippen MR) is 90.6 cm³/mol. The first-order valence-electron chi connectivity index (χ1n) is 6.70. The predicted octanol–water partition coefficient (Wildman–Crippen LogP) is 5.13. The van der Waals surface area contributed by atoms with E-state index in [4.69, 9.17) is 16.9 Å². The molecule has 0 aliphatic carbocycles. The summed E-state index contributed by atoms with van der Waals surface area (Å²) in [6, 6.07) is 11.4. The molecule has 6 heteroatoms. The van der Waals surface area contributed by atoms with Crippen molar-refractivity contribution in [3.05, 3.63) is 63.2 Å². The molecule has 0 saturated heterocycles. The number of nitrogens with one attached hydrogen (secondary N) is 1. The van der Waals surface area contributed by atoms with E-state index < -0.39 is 0 Å². The Morgan fingerprint density at radius 3 is 2.78 bits per heavy atom. The molecule has 0 aliphatic rings. The van der Waals surface area contributed by atoms with E-state index in [1.807, 2.05) is 6.07 Å². The third kappa shape index (κ3) is 2.79. The molecule has 0 fully saturated rings. The Labute approximate surface area is 140 Å². The molecule has 1 N–H and O–H groups in total. The average molecular weight is 345 g/mol. The third-order valence-electron chi connectivity index (χ3n) is 3.46. The van der Waals surface area contributed by atoms with Gasteiger partial charge in [-0.05, 0) is 42.8 Å². The van der Waals surface area contributed by atoms with Gasteiger partial charge in [0, 0.05) is 15.8 Å². The van der Waals surface area contributed by atoms with Crippen LogP contribution in [0.15, 0.2) is 36.4 Å². The number of amides is 1. The molecule has 1 aromatic heterocycles. The lowest BCUT2D eigenvalue weighted by atomic mass is 10.1. The second-order valence-corrected chi connectivity index (χ2v) is 6.39. The van der Waals surface area contributed by atoms with E-state index in [1.165, 1.54) is 29.5 Å². The molecule has 2 aromatic carbocycles. The maximum absolute atomic E-state index is 13.9.